The van der Waals surface area contributed by atoms with Gasteiger partial charge in [-0.2, -0.15) is 0 Å². The first-order valence-electron chi connectivity index (χ1n) is 11.9. The molecule has 2 saturated heterocycles. The van der Waals surface area contributed by atoms with Crippen LogP contribution in [0.15, 0.2) is 48.8 Å². The Morgan fingerprint density at radius 3 is 2.61 bits per heavy atom. The summed E-state index contributed by atoms with van der Waals surface area (Å²) in [6.45, 7) is 5.81. The Morgan fingerprint density at radius 1 is 1.00 bits per heavy atom. The molecule has 1 aromatic carbocycles. The van der Waals surface area contributed by atoms with Gasteiger partial charge in [0, 0.05) is 31.8 Å². The molecular formula is C25H36BN3O2. The zero-order valence-electron chi connectivity index (χ0n) is 18.9. The average molecular weight is 421 g/mol. The van der Waals surface area contributed by atoms with E-state index in [0.717, 1.165) is 51.0 Å². The molecule has 5 nitrogen and oxygen atoms in total. The maximum absolute atomic E-state index is 6.07. The van der Waals surface area contributed by atoms with Gasteiger partial charge in [0.05, 0.1) is 24.7 Å². The largest absolute Gasteiger partial charge is 0.490 e. The number of anilines is 1. The van der Waals surface area contributed by atoms with E-state index in [2.05, 4.69) is 59.1 Å². The van der Waals surface area contributed by atoms with Crippen molar-refractivity contribution in [2.75, 3.05) is 44.4 Å². The van der Waals surface area contributed by atoms with E-state index in [1.807, 2.05) is 12.4 Å². The molecule has 0 aliphatic carbocycles. The van der Waals surface area contributed by atoms with Gasteiger partial charge in [-0.3, -0.25) is 4.98 Å². The Balaban J connectivity index is 1.14. The summed E-state index contributed by atoms with van der Waals surface area (Å²) >= 11 is 0. The van der Waals surface area contributed by atoms with Crippen LogP contribution in [0.5, 0.6) is 5.75 Å². The van der Waals surface area contributed by atoms with Gasteiger partial charge in [0.25, 0.3) is 0 Å². The van der Waals surface area contributed by atoms with Gasteiger partial charge in [-0.15, -0.1) is 0 Å². The number of hydrogen-bond acceptors (Lipinski definition) is 5. The van der Waals surface area contributed by atoms with E-state index in [1.165, 1.54) is 49.9 Å². The third kappa shape index (κ3) is 6.72. The van der Waals surface area contributed by atoms with Crippen LogP contribution in [0.2, 0.25) is 0 Å². The molecule has 0 amide bonds. The smallest absolute Gasteiger partial charge is 0.185 e. The summed E-state index contributed by atoms with van der Waals surface area (Å²) in [5.41, 5.74) is 2.54. The van der Waals surface area contributed by atoms with E-state index in [1.54, 1.807) is 0 Å². The van der Waals surface area contributed by atoms with Crippen LogP contribution in [-0.2, 0) is 11.2 Å². The van der Waals surface area contributed by atoms with Crippen molar-refractivity contribution in [2.45, 2.75) is 44.6 Å². The fourth-order valence-corrected chi connectivity index (χ4v) is 4.71. The fraction of sp³-hybridized carbons (Fsp3) is 0.560. The number of pyridine rings is 1. The van der Waals surface area contributed by atoms with Crippen LogP contribution in [0.25, 0.3) is 0 Å². The van der Waals surface area contributed by atoms with Crippen molar-refractivity contribution in [1.29, 1.82) is 0 Å². The van der Waals surface area contributed by atoms with Gasteiger partial charge in [-0.25, -0.2) is 0 Å². The van der Waals surface area contributed by atoms with E-state index in [4.69, 9.17) is 9.47 Å². The van der Waals surface area contributed by atoms with Crippen LogP contribution in [0.1, 0.15) is 37.7 Å². The molecule has 0 unspecified atom stereocenters. The van der Waals surface area contributed by atoms with Crippen LogP contribution in [-0.4, -0.2) is 63.3 Å². The lowest BCUT2D eigenvalue weighted by Crippen LogP contribution is -2.34. The highest BCUT2D eigenvalue weighted by Crippen LogP contribution is 2.27. The zero-order valence-corrected chi connectivity index (χ0v) is 18.9. The number of benzene rings is 1. The Hall–Kier alpha value is -2.05. The summed E-state index contributed by atoms with van der Waals surface area (Å²) in [6, 6.07) is 13.3. The monoisotopic (exact) mass is 421 g/mol. The first-order chi connectivity index (χ1) is 15.3. The van der Waals surface area contributed by atoms with Gasteiger partial charge in [0.15, 0.2) is 7.98 Å². The lowest BCUT2D eigenvalue weighted by molar-refractivity contribution is 0.118. The summed E-state index contributed by atoms with van der Waals surface area (Å²) in [5.74, 6) is 1.66. The van der Waals surface area contributed by atoms with Gasteiger partial charge < -0.3 is 19.2 Å². The van der Waals surface area contributed by atoms with E-state index >= 15 is 0 Å². The van der Waals surface area contributed by atoms with Crippen molar-refractivity contribution in [1.82, 2.24) is 9.79 Å². The molecule has 4 rings (SSSR count). The predicted molar refractivity (Wildman–Crippen MR) is 129 cm³/mol. The Kier molecular flexibility index (Phi) is 8.25. The molecule has 2 aliphatic rings. The second kappa shape index (κ2) is 11.5. The normalized spacial score (nSPS) is 20.3. The number of ether oxygens (including phenoxy) is 2. The average Bonchev–Trinajstić information content (AvgIpc) is 3.23. The number of aromatic nitrogens is 1. The molecule has 2 aromatic rings. The highest BCUT2D eigenvalue weighted by Gasteiger charge is 2.22. The number of rotatable bonds is 10. The standard InChI is InChI=1S/C25H36BN3O2/c26-29-12-4-7-23(29)20-31-25-17-24(18-27-19-25)28-13-8-22(9-14-28)11-16-30-15-10-21-5-2-1-3-6-21/h1-3,5-6,17-19,22-23H,4,7-16,20,26H2/t23-/m0/s1. The molecular weight excluding hydrogens is 385 g/mol. The van der Waals surface area contributed by atoms with Crippen molar-refractivity contribution in [3.8, 4) is 5.75 Å². The molecule has 0 saturated carbocycles. The molecule has 0 bridgehead atoms. The van der Waals surface area contributed by atoms with Gasteiger partial charge in [-0.05, 0) is 56.6 Å². The fourth-order valence-electron chi connectivity index (χ4n) is 4.71. The van der Waals surface area contributed by atoms with Crippen LogP contribution in [0.3, 0.4) is 0 Å². The van der Waals surface area contributed by atoms with E-state index in [9.17, 15) is 0 Å². The summed E-state index contributed by atoms with van der Waals surface area (Å²) in [5, 5.41) is 0. The van der Waals surface area contributed by atoms with E-state index in [-0.39, 0.29) is 0 Å². The third-order valence-electron chi connectivity index (χ3n) is 6.84. The summed E-state index contributed by atoms with van der Waals surface area (Å²) in [7, 11) is 2.19. The predicted octanol–water partition coefficient (Wildman–Crippen LogP) is 3.34. The molecule has 166 valence electrons. The van der Waals surface area contributed by atoms with Crippen LogP contribution in [0.4, 0.5) is 5.69 Å². The van der Waals surface area contributed by atoms with Gasteiger partial charge in [0.1, 0.15) is 12.4 Å². The molecule has 2 aliphatic heterocycles. The molecule has 31 heavy (non-hydrogen) atoms. The highest BCUT2D eigenvalue weighted by atomic mass is 16.5. The SMILES string of the molecule is BN1CCC[C@H]1COc1cncc(N2CCC(CCOCCc3ccccc3)CC2)c1. The zero-order chi connectivity index (χ0) is 21.3. The first-order valence-corrected chi connectivity index (χ1v) is 11.9. The van der Waals surface area contributed by atoms with Crippen molar-refractivity contribution in [3.63, 3.8) is 0 Å². The molecule has 6 heteroatoms. The van der Waals surface area contributed by atoms with Crippen LogP contribution < -0.4 is 9.64 Å². The number of piperidine rings is 1. The Bertz CT molecular complexity index is 783. The van der Waals surface area contributed by atoms with E-state index in [0.29, 0.717) is 6.04 Å². The topological polar surface area (TPSA) is 37.8 Å². The minimum absolute atomic E-state index is 0.536. The van der Waals surface area contributed by atoms with Gasteiger partial charge >= 0.3 is 0 Å². The minimum atomic E-state index is 0.536. The molecule has 1 atom stereocenters. The number of hydrogen-bond donors (Lipinski definition) is 0. The summed E-state index contributed by atoms with van der Waals surface area (Å²) in [4.78, 5) is 9.29. The van der Waals surface area contributed by atoms with E-state index < -0.39 is 0 Å². The van der Waals surface area contributed by atoms with Crippen molar-refractivity contribution < 1.29 is 9.47 Å². The molecule has 3 heterocycles. The van der Waals surface area contributed by atoms with Crippen molar-refractivity contribution in [2.24, 2.45) is 5.92 Å². The van der Waals surface area contributed by atoms with Gasteiger partial charge in [0.2, 0.25) is 0 Å². The minimum Gasteiger partial charge on any atom is -0.490 e. The van der Waals surface area contributed by atoms with Crippen LogP contribution in [0, 0.1) is 5.92 Å². The maximum Gasteiger partial charge on any atom is 0.185 e. The highest BCUT2D eigenvalue weighted by molar-refractivity contribution is 6.04. The molecule has 0 N–H and O–H groups in total. The quantitative estimate of drug-likeness (QED) is 0.435. The maximum atomic E-state index is 6.07. The summed E-state index contributed by atoms with van der Waals surface area (Å²) < 4.78 is 12.0. The Labute approximate surface area is 188 Å². The first kappa shape index (κ1) is 22.2. The van der Waals surface area contributed by atoms with Crippen LogP contribution >= 0.6 is 0 Å². The second-order valence-corrected chi connectivity index (χ2v) is 9.03. The Morgan fingerprint density at radius 2 is 1.84 bits per heavy atom. The molecule has 0 radical (unpaired) electrons. The summed E-state index contributed by atoms with van der Waals surface area (Å²) in [6.07, 6.45) is 10.9. The van der Waals surface area contributed by atoms with Gasteiger partial charge in [-0.1, -0.05) is 30.3 Å². The second-order valence-electron chi connectivity index (χ2n) is 9.03. The molecule has 1 aromatic heterocycles. The molecule has 0 spiro atoms. The lowest BCUT2D eigenvalue weighted by Gasteiger charge is -2.33. The van der Waals surface area contributed by atoms with Crippen molar-refractivity contribution in [3.05, 3.63) is 54.4 Å². The number of nitrogens with zero attached hydrogens (tertiary/aromatic N) is 3. The van der Waals surface area contributed by atoms with Crippen molar-refractivity contribution >= 4 is 13.7 Å². The molecule has 2 fully saturated rings. The third-order valence-corrected chi connectivity index (χ3v) is 6.84. The lowest BCUT2D eigenvalue weighted by atomic mass is 9.94.